The molecule has 0 aliphatic carbocycles. The maximum absolute atomic E-state index is 10.1. The lowest BCUT2D eigenvalue weighted by molar-refractivity contribution is 0.00625. The minimum atomic E-state index is -0.168. The van der Waals surface area contributed by atoms with Crippen LogP contribution in [0.5, 0.6) is 0 Å². The highest BCUT2D eigenvalue weighted by molar-refractivity contribution is 4.92. The van der Waals surface area contributed by atoms with Crippen molar-refractivity contribution in [1.29, 1.82) is 0 Å². The van der Waals surface area contributed by atoms with Gasteiger partial charge in [-0.3, -0.25) is 0 Å². The second-order valence-corrected chi connectivity index (χ2v) is 7.97. The molecular formula is C16H32N2O2. The average molecular weight is 284 g/mol. The normalized spacial score (nSPS) is 36.5. The zero-order valence-electron chi connectivity index (χ0n) is 13.6. The molecule has 0 spiro atoms. The molecule has 2 N–H and O–H groups in total. The summed E-state index contributed by atoms with van der Waals surface area (Å²) in [5.74, 6) is 0.440. The molecule has 2 aliphatic rings. The van der Waals surface area contributed by atoms with Crippen molar-refractivity contribution in [2.24, 2.45) is 11.3 Å². The Morgan fingerprint density at radius 2 is 2.15 bits per heavy atom. The predicted octanol–water partition coefficient (Wildman–Crippen LogP) is 1.48. The summed E-state index contributed by atoms with van der Waals surface area (Å²) in [6.07, 6.45) is 2.06. The van der Waals surface area contributed by atoms with Crippen LogP contribution in [-0.2, 0) is 4.74 Å². The van der Waals surface area contributed by atoms with Gasteiger partial charge in [0.05, 0.1) is 12.7 Å². The van der Waals surface area contributed by atoms with E-state index in [4.69, 9.17) is 4.74 Å². The number of hydrogen-bond donors (Lipinski definition) is 2. The van der Waals surface area contributed by atoms with E-state index in [2.05, 4.69) is 37.9 Å². The van der Waals surface area contributed by atoms with Crippen molar-refractivity contribution < 1.29 is 9.84 Å². The Balaban J connectivity index is 1.92. The van der Waals surface area contributed by atoms with Crippen LogP contribution in [-0.4, -0.2) is 61.0 Å². The van der Waals surface area contributed by atoms with Gasteiger partial charge >= 0.3 is 0 Å². The summed E-state index contributed by atoms with van der Waals surface area (Å²) in [4.78, 5) is 2.43. The molecule has 3 atom stereocenters. The molecule has 2 aliphatic heterocycles. The summed E-state index contributed by atoms with van der Waals surface area (Å²) in [7, 11) is 0. The Labute approximate surface area is 123 Å². The van der Waals surface area contributed by atoms with Crippen molar-refractivity contribution in [2.45, 2.75) is 52.2 Å². The third-order valence-electron chi connectivity index (χ3n) is 4.74. The largest absolute Gasteiger partial charge is 0.392 e. The van der Waals surface area contributed by atoms with Crippen LogP contribution in [0.2, 0.25) is 0 Å². The number of rotatable bonds is 4. The van der Waals surface area contributed by atoms with E-state index in [1.807, 2.05) is 0 Å². The van der Waals surface area contributed by atoms with E-state index in [9.17, 15) is 5.11 Å². The molecule has 0 aromatic rings. The van der Waals surface area contributed by atoms with Crippen molar-refractivity contribution in [1.82, 2.24) is 10.2 Å². The molecular weight excluding hydrogens is 252 g/mol. The molecule has 0 radical (unpaired) electrons. The molecule has 3 unspecified atom stereocenters. The van der Waals surface area contributed by atoms with Gasteiger partial charge in [-0.1, -0.05) is 6.92 Å². The zero-order chi connectivity index (χ0) is 14.8. The van der Waals surface area contributed by atoms with Crippen LogP contribution in [0.15, 0.2) is 0 Å². The number of hydrogen-bond acceptors (Lipinski definition) is 4. The van der Waals surface area contributed by atoms with Crippen molar-refractivity contribution in [3.63, 3.8) is 0 Å². The quantitative estimate of drug-likeness (QED) is 0.821. The number of nitrogens with one attached hydrogen (secondary N) is 1. The van der Waals surface area contributed by atoms with E-state index in [1.165, 1.54) is 0 Å². The van der Waals surface area contributed by atoms with Crippen LogP contribution in [0.4, 0.5) is 0 Å². The maximum atomic E-state index is 10.1. The number of ether oxygens (including phenoxy) is 1. The Hall–Kier alpha value is -0.160. The number of piperidine rings is 1. The Kier molecular flexibility index (Phi) is 5.11. The number of β-amino-alcohol motifs (C(OH)–C–C–N with tert-alkyl or cyclic N) is 1. The van der Waals surface area contributed by atoms with Crippen LogP contribution >= 0.6 is 0 Å². The molecule has 118 valence electrons. The lowest BCUT2D eigenvalue weighted by atomic mass is 9.84. The van der Waals surface area contributed by atoms with E-state index in [-0.39, 0.29) is 17.1 Å². The fourth-order valence-electron chi connectivity index (χ4n) is 3.15. The minimum absolute atomic E-state index is 0.144. The number of aliphatic hydroxyl groups is 1. The third kappa shape index (κ3) is 4.42. The fourth-order valence-corrected chi connectivity index (χ4v) is 3.15. The molecule has 0 bridgehead atoms. The number of nitrogens with zero attached hydrogens (tertiary/aromatic N) is 1. The van der Waals surface area contributed by atoms with Gasteiger partial charge in [0.2, 0.25) is 0 Å². The summed E-state index contributed by atoms with van der Waals surface area (Å²) in [6, 6.07) is 0. The Bertz CT molecular complexity index is 308. The molecule has 0 amide bonds. The first-order valence-electron chi connectivity index (χ1n) is 8.03. The van der Waals surface area contributed by atoms with Crippen LogP contribution in [0, 0.1) is 11.3 Å². The van der Waals surface area contributed by atoms with E-state index in [0.29, 0.717) is 5.92 Å². The standard InChI is InChI=1S/C16H32N2O2/c1-13-5-7-18(9-14(13)19)11-16(6-8-20-12-16)10-17-15(2,3)4/h13-14,17,19H,5-12H2,1-4H3. The van der Waals surface area contributed by atoms with Crippen LogP contribution in [0.3, 0.4) is 0 Å². The molecule has 0 aromatic heterocycles. The molecule has 20 heavy (non-hydrogen) atoms. The molecule has 4 heteroatoms. The summed E-state index contributed by atoms with van der Waals surface area (Å²) in [6.45, 7) is 14.5. The number of aliphatic hydroxyl groups excluding tert-OH is 1. The predicted molar refractivity (Wildman–Crippen MR) is 81.9 cm³/mol. The SMILES string of the molecule is CC1CCN(CC2(CNC(C)(C)C)CCOC2)CC1O. The van der Waals surface area contributed by atoms with Gasteiger partial charge in [-0.05, 0) is 46.1 Å². The highest BCUT2D eigenvalue weighted by Crippen LogP contribution is 2.31. The highest BCUT2D eigenvalue weighted by atomic mass is 16.5. The van der Waals surface area contributed by atoms with Crippen LogP contribution < -0.4 is 5.32 Å². The van der Waals surface area contributed by atoms with Gasteiger partial charge in [-0.2, -0.15) is 0 Å². The van der Waals surface area contributed by atoms with Crippen molar-refractivity contribution in [3.05, 3.63) is 0 Å². The first kappa shape index (κ1) is 16.2. The van der Waals surface area contributed by atoms with Gasteiger partial charge in [0.25, 0.3) is 0 Å². The second kappa shape index (κ2) is 6.30. The fraction of sp³-hybridized carbons (Fsp3) is 1.00. The van der Waals surface area contributed by atoms with Gasteiger partial charge in [-0.25, -0.2) is 0 Å². The van der Waals surface area contributed by atoms with Crippen molar-refractivity contribution >= 4 is 0 Å². The lowest BCUT2D eigenvalue weighted by Gasteiger charge is -2.41. The van der Waals surface area contributed by atoms with Crippen LogP contribution in [0.1, 0.15) is 40.5 Å². The van der Waals surface area contributed by atoms with Gasteiger partial charge in [0.1, 0.15) is 0 Å². The first-order valence-corrected chi connectivity index (χ1v) is 8.03. The molecule has 2 rings (SSSR count). The first-order chi connectivity index (χ1) is 9.30. The lowest BCUT2D eigenvalue weighted by Crippen LogP contribution is -2.52. The monoisotopic (exact) mass is 284 g/mol. The van der Waals surface area contributed by atoms with Crippen LogP contribution in [0.25, 0.3) is 0 Å². The Morgan fingerprint density at radius 1 is 1.40 bits per heavy atom. The molecule has 0 aromatic carbocycles. The summed E-state index contributed by atoms with van der Waals surface area (Å²) in [5, 5.41) is 13.7. The molecule has 4 nitrogen and oxygen atoms in total. The molecule has 2 fully saturated rings. The van der Waals surface area contributed by atoms with Gasteiger partial charge in [0.15, 0.2) is 0 Å². The van der Waals surface area contributed by atoms with E-state index in [0.717, 1.165) is 52.2 Å². The third-order valence-corrected chi connectivity index (χ3v) is 4.74. The van der Waals surface area contributed by atoms with Crippen molar-refractivity contribution in [3.8, 4) is 0 Å². The highest BCUT2D eigenvalue weighted by Gasteiger charge is 2.38. The maximum Gasteiger partial charge on any atom is 0.0693 e. The summed E-state index contributed by atoms with van der Waals surface area (Å²) in [5.41, 5.74) is 0.360. The van der Waals surface area contributed by atoms with E-state index >= 15 is 0 Å². The van der Waals surface area contributed by atoms with Crippen molar-refractivity contribution in [2.75, 3.05) is 39.4 Å². The minimum Gasteiger partial charge on any atom is -0.392 e. The van der Waals surface area contributed by atoms with Gasteiger partial charge in [-0.15, -0.1) is 0 Å². The molecule has 0 saturated carbocycles. The zero-order valence-corrected chi connectivity index (χ0v) is 13.6. The summed E-state index contributed by atoms with van der Waals surface area (Å²) < 4.78 is 5.69. The van der Waals surface area contributed by atoms with E-state index < -0.39 is 0 Å². The average Bonchev–Trinajstić information content (AvgIpc) is 2.80. The smallest absolute Gasteiger partial charge is 0.0693 e. The van der Waals surface area contributed by atoms with Gasteiger partial charge in [0, 0.05) is 37.2 Å². The number of likely N-dealkylation sites (tertiary alicyclic amines) is 1. The summed E-state index contributed by atoms with van der Waals surface area (Å²) >= 11 is 0. The molecule has 2 heterocycles. The Morgan fingerprint density at radius 3 is 2.70 bits per heavy atom. The van der Waals surface area contributed by atoms with E-state index in [1.54, 1.807) is 0 Å². The van der Waals surface area contributed by atoms with Gasteiger partial charge < -0.3 is 20.1 Å². The second-order valence-electron chi connectivity index (χ2n) is 7.97. The molecule has 2 saturated heterocycles. The topological polar surface area (TPSA) is 44.7 Å².